The molecular weight excluding hydrogens is 726 g/mol. The highest BCUT2D eigenvalue weighted by atomic mass is 35.5. The molecule has 268 valence electrons. The number of ether oxygens (including phenoxy) is 4. The Kier molecular flexibility index (Phi) is 13.3. The Balaban J connectivity index is 0.000000271. The van der Waals surface area contributed by atoms with Crippen molar-refractivity contribution in [2.45, 2.75) is 39.5 Å². The van der Waals surface area contributed by atoms with Crippen LogP contribution in [-0.2, 0) is 10.9 Å². The fraction of sp³-hybridized carbons (Fsp3) is 0.257. The predicted octanol–water partition coefficient (Wildman–Crippen LogP) is 9.30. The first-order valence-corrected chi connectivity index (χ1v) is 15.5. The summed E-state index contributed by atoms with van der Waals surface area (Å²) in [5.41, 5.74) is 0.587. The Hall–Kier alpha value is -4.36. The summed E-state index contributed by atoms with van der Waals surface area (Å²) in [5, 5.41) is 23.2. The molecule has 15 heteroatoms. The second kappa shape index (κ2) is 16.6. The third kappa shape index (κ3) is 8.32. The quantitative estimate of drug-likeness (QED) is 0.125. The maximum absolute atomic E-state index is 12.7. The van der Waals surface area contributed by atoms with Crippen LogP contribution in [0.5, 0.6) is 34.5 Å². The molecule has 3 N–H and O–H groups in total. The molecule has 0 fully saturated rings. The van der Waals surface area contributed by atoms with Gasteiger partial charge in [-0.2, -0.15) is 13.2 Å². The van der Waals surface area contributed by atoms with E-state index in [1.807, 2.05) is 37.4 Å². The van der Waals surface area contributed by atoms with Crippen LogP contribution in [0.2, 0.25) is 10.0 Å². The molecule has 0 bridgehead atoms. The Labute approximate surface area is 302 Å². The van der Waals surface area contributed by atoms with Gasteiger partial charge >= 0.3 is 18.1 Å². The highest BCUT2D eigenvalue weighted by Crippen LogP contribution is 2.52. The summed E-state index contributed by atoms with van der Waals surface area (Å²) in [6.07, 6.45) is -3.81. The number of carbonyl (C=O) groups is 2. The van der Waals surface area contributed by atoms with Gasteiger partial charge < -0.3 is 34.5 Å². The second-order valence-corrected chi connectivity index (χ2v) is 11.6. The minimum Gasteiger partial charge on any atom is -0.507 e. The minimum atomic E-state index is -4.33. The lowest BCUT2D eigenvalue weighted by atomic mass is 10.0. The number of esters is 2. The number of hydrogen-bond acceptors (Lipinski definition) is 9. The van der Waals surface area contributed by atoms with Gasteiger partial charge in [0, 0.05) is 17.5 Å². The van der Waals surface area contributed by atoms with E-state index in [9.17, 15) is 33.0 Å². The molecule has 50 heavy (non-hydrogen) atoms. The van der Waals surface area contributed by atoms with Gasteiger partial charge in [0.25, 0.3) is 0 Å². The molecule has 0 amide bonds. The van der Waals surface area contributed by atoms with Crippen molar-refractivity contribution in [1.82, 2.24) is 5.32 Å². The fourth-order valence-corrected chi connectivity index (χ4v) is 5.47. The van der Waals surface area contributed by atoms with E-state index in [-0.39, 0.29) is 73.6 Å². The van der Waals surface area contributed by atoms with Crippen molar-refractivity contribution in [3.05, 3.63) is 104 Å². The van der Waals surface area contributed by atoms with Crippen molar-refractivity contribution in [2.75, 3.05) is 20.7 Å². The number of rotatable bonds is 7. The summed E-state index contributed by atoms with van der Waals surface area (Å²) in [7, 11) is 3.01. The van der Waals surface area contributed by atoms with Gasteiger partial charge in [-0.1, -0.05) is 53.5 Å². The SMILES string of the molecule is CNCCC(Oc1ccc(C(F)(F)F)cc1)c1ccccc1.COC(=O)c1c(C)c2c(c(C)c1O)OC(=O)c1c(C)c(Cl)c(O)c(Cl)c1O2.Cl. The molecule has 0 radical (unpaired) electrons. The van der Waals surface area contributed by atoms with Gasteiger partial charge in [-0.15, -0.1) is 12.4 Å². The maximum atomic E-state index is 12.7. The largest absolute Gasteiger partial charge is 0.507 e. The number of nitrogens with one attached hydrogen (secondary N) is 1. The van der Waals surface area contributed by atoms with Crippen LogP contribution >= 0.6 is 35.6 Å². The van der Waals surface area contributed by atoms with Gasteiger partial charge in [0.2, 0.25) is 0 Å². The fourth-order valence-electron chi connectivity index (χ4n) is 5.01. The molecule has 4 aromatic carbocycles. The Morgan fingerprint density at radius 3 is 2.04 bits per heavy atom. The van der Waals surface area contributed by atoms with Gasteiger partial charge in [-0.05, 0) is 69.8 Å². The normalized spacial score (nSPS) is 12.4. The molecule has 0 saturated carbocycles. The van der Waals surface area contributed by atoms with Crippen LogP contribution in [0.15, 0.2) is 54.6 Å². The van der Waals surface area contributed by atoms with Crippen molar-refractivity contribution >= 4 is 47.5 Å². The number of alkyl halides is 3. The molecular formula is C35H33Cl3F3NO8. The van der Waals surface area contributed by atoms with E-state index in [4.69, 9.17) is 42.1 Å². The molecule has 1 atom stereocenters. The van der Waals surface area contributed by atoms with E-state index in [1.54, 1.807) is 0 Å². The molecule has 0 spiro atoms. The topological polar surface area (TPSA) is 124 Å². The van der Waals surface area contributed by atoms with Crippen LogP contribution in [-0.4, -0.2) is 42.9 Å². The predicted molar refractivity (Wildman–Crippen MR) is 184 cm³/mol. The monoisotopic (exact) mass is 757 g/mol. The standard InChI is InChI=1S/C18H14Cl2O7.C17H18F3NO.ClH/c1-5-9-16(11(20)13(22)10(5)19)26-14-6(2)8(17(23)25-4)12(21)7(3)15(14)27-18(9)24;1-21-12-11-16(13-5-3-2-4-6-13)22-15-9-7-14(8-10-15)17(18,19)20;/h21-22H,1-4H3;2-10,16,21H,11-12H2,1H3;1H. The third-order valence-corrected chi connectivity index (χ3v) is 8.49. The molecule has 1 aliphatic rings. The van der Waals surface area contributed by atoms with Crippen LogP contribution in [0.1, 0.15) is 61.1 Å². The zero-order valence-corrected chi connectivity index (χ0v) is 29.7. The van der Waals surface area contributed by atoms with Crippen molar-refractivity contribution in [3.8, 4) is 34.5 Å². The maximum Gasteiger partial charge on any atom is 0.416 e. The highest BCUT2D eigenvalue weighted by molar-refractivity contribution is 6.39. The summed E-state index contributed by atoms with van der Waals surface area (Å²) in [5.74, 6) is -2.31. The number of aromatic hydroxyl groups is 2. The number of carbonyl (C=O) groups excluding carboxylic acids is 2. The lowest BCUT2D eigenvalue weighted by Gasteiger charge is -2.20. The zero-order chi connectivity index (χ0) is 36.2. The van der Waals surface area contributed by atoms with Crippen molar-refractivity contribution < 1.29 is 51.9 Å². The van der Waals surface area contributed by atoms with Gasteiger partial charge in [-0.3, -0.25) is 0 Å². The van der Waals surface area contributed by atoms with E-state index in [1.165, 1.54) is 40.0 Å². The molecule has 4 aromatic rings. The highest BCUT2D eigenvalue weighted by Gasteiger charge is 2.36. The molecule has 1 aliphatic heterocycles. The number of phenols is 2. The van der Waals surface area contributed by atoms with Crippen LogP contribution in [0.25, 0.3) is 0 Å². The van der Waals surface area contributed by atoms with Crippen LogP contribution in [0.4, 0.5) is 13.2 Å². The summed E-state index contributed by atoms with van der Waals surface area (Å²) in [4.78, 5) is 24.8. The summed E-state index contributed by atoms with van der Waals surface area (Å²) in [6.45, 7) is 5.18. The van der Waals surface area contributed by atoms with Crippen molar-refractivity contribution in [1.29, 1.82) is 0 Å². The molecule has 0 aromatic heterocycles. The molecule has 0 aliphatic carbocycles. The van der Waals surface area contributed by atoms with Crippen LogP contribution in [0, 0.1) is 20.8 Å². The van der Waals surface area contributed by atoms with E-state index in [0.717, 1.165) is 30.7 Å². The van der Waals surface area contributed by atoms with Gasteiger partial charge in [-0.25, -0.2) is 9.59 Å². The first kappa shape index (κ1) is 40.1. The van der Waals surface area contributed by atoms with Gasteiger partial charge in [0.1, 0.15) is 33.8 Å². The Bertz CT molecular complexity index is 1870. The summed E-state index contributed by atoms with van der Waals surface area (Å²) in [6, 6.07) is 14.4. The minimum absolute atomic E-state index is 0. The zero-order valence-electron chi connectivity index (χ0n) is 27.3. The van der Waals surface area contributed by atoms with Gasteiger partial charge in [0.15, 0.2) is 23.0 Å². The lowest BCUT2D eigenvalue weighted by Crippen LogP contribution is -2.16. The number of halogens is 6. The average molecular weight is 759 g/mol. The molecule has 5 rings (SSSR count). The number of methoxy groups -OCH3 is 1. The smallest absolute Gasteiger partial charge is 0.416 e. The van der Waals surface area contributed by atoms with Crippen LogP contribution in [0.3, 0.4) is 0 Å². The lowest BCUT2D eigenvalue weighted by molar-refractivity contribution is -0.137. The number of hydrogen-bond donors (Lipinski definition) is 3. The first-order valence-electron chi connectivity index (χ1n) is 14.7. The summed E-state index contributed by atoms with van der Waals surface area (Å²) < 4.78 is 59.5. The molecule has 9 nitrogen and oxygen atoms in total. The third-order valence-electron chi connectivity index (χ3n) is 7.68. The number of phenolic OH excluding ortho intramolecular Hbond substituents is 2. The second-order valence-electron chi connectivity index (χ2n) is 10.9. The van der Waals surface area contributed by atoms with E-state index < -0.39 is 35.2 Å². The van der Waals surface area contributed by atoms with Crippen molar-refractivity contribution in [2.24, 2.45) is 0 Å². The van der Waals surface area contributed by atoms with Crippen molar-refractivity contribution in [3.63, 3.8) is 0 Å². The number of fused-ring (bicyclic) bond motifs is 2. The molecule has 1 unspecified atom stereocenters. The molecule has 0 saturated heterocycles. The van der Waals surface area contributed by atoms with E-state index in [2.05, 4.69) is 5.32 Å². The Morgan fingerprint density at radius 2 is 1.48 bits per heavy atom. The first-order chi connectivity index (χ1) is 23.1. The van der Waals surface area contributed by atoms with Crippen LogP contribution < -0.4 is 19.5 Å². The molecule has 1 heterocycles. The van der Waals surface area contributed by atoms with E-state index in [0.29, 0.717) is 5.75 Å². The Morgan fingerprint density at radius 1 is 0.880 bits per heavy atom. The van der Waals surface area contributed by atoms with E-state index >= 15 is 0 Å². The summed E-state index contributed by atoms with van der Waals surface area (Å²) >= 11 is 12.2. The number of benzene rings is 4. The average Bonchev–Trinajstić information content (AvgIpc) is 3.24. The van der Waals surface area contributed by atoms with Gasteiger partial charge in [0.05, 0.1) is 17.7 Å².